The molecule has 0 bridgehead atoms. The zero-order valence-corrected chi connectivity index (χ0v) is 13.7. The lowest BCUT2D eigenvalue weighted by atomic mass is 9.68. The van der Waals surface area contributed by atoms with Crippen LogP contribution in [-0.2, 0) is 6.54 Å². The van der Waals surface area contributed by atoms with Crippen LogP contribution in [0.5, 0.6) is 0 Å². The summed E-state index contributed by atoms with van der Waals surface area (Å²) in [4.78, 5) is 2.37. The van der Waals surface area contributed by atoms with Crippen molar-refractivity contribution in [3.8, 4) is 0 Å². The molecule has 1 aromatic carbocycles. The Morgan fingerprint density at radius 3 is 2.85 bits per heavy atom. The maximum atomic E-state index is 6.47. The Hall–Kier alpha value is -0.570. The number of hydrogen-bond acceptors (Lipinski definition) is 2. The molecule has 2 nitrogen and oxygen atoms in total. The highest BCUT2D eigenvalue weighted by Gasteiger charge is 2.36. The van der Waals surface area contributed by atoms with E-state index in [-0.39, 0.29) is 5.41 Å². The molecule has 1 aliphatic rings. The lowest BCUT2D eigenvalue weighted by Gasteiger charge is -2.43. The van der Waals surface area contributed by atoms with Crippen molar-refractivity contribution in [1.82, 2.24) is 4.90 Å². The van der Waals surface area contributed by atoms with Crippen LogP contribution in [0.4, 0.5) is 0 Å². The zero-order chi connectivity index (χ0) is 14.8. The van der Waals surface area contributed by atoms with Crippen LogP contribution in [0.3, 0.4) is 0 Å². The second-order valence-corrected chi connectivity index (χ2v) is 7.43. The van der Waals surface area contributed by atoms with Gasteiger partial charge in [-0.3, -0.25) is 0 Å². The highest BCUT2D eigenvalue weighted by molar-refractivity contribution is 6.30. The number of nitrogens with zero attached hydrogens (tertiary/aromatic N) is 1. The van der Waals surface area contributed by atoms with Crippen molar-refractivity contribution in [2.24, 2.45) is 17.1 Å². The van der Waals surface area contributed by atoms with Gasteiger partial charge in [0.25, 0.3) is 0 Å². The zero-order valence-electron chi connectivity index (χ0n) is 12.9. The van der Waals surface area contributed by atoms with Crippen molar-refractivity contribution >= 4 is 11.6 Å². The van der Waals surface area contributed by atoms with Gasteiger partial charge in [0.2, 0.25) is 0 Å². The Morgan fingerprint density at radius 2 is 2.15 bits per heavy atom. The average Bonchev–Trinajstić information content (AvgIpc) is 2.35. The predicted octanol–water partition coefficient (Wildman–Crippen LogP) is 3.93. The molecular weight excluding hydrogens is 268 g/mol. The minimum atomic E-state index is 0.278. The van der Waals surface area contributed by atoms with Gasteiger partial charge in [0, 0.05) is 24.2 Å². The van der Waals surface area contributed by atoms with Gasteiger partial charge >= 0.3 is 0 Å². The molecule has 0 spiro atoms. The standard InChI is InChI=1S/C17H27ClN2/c1-17(2)9-5-7-14(16(17)19)12-20(3)11-13-6-4-8-15(18)10-13/h4,6,8,10,14,16H,5,7,9,11-12,19H2,1-3H3. The first-order valence-electron chi connectivity index (χ1n) is 7.57. The maximum absolute atomic E-state index is 6.47. The van der Waals surface area contributed by atoms with Crippen molar-refractivity contribution in [3.63, 3.8) is 0 Å². The van der Waals surface area contributed by atoms with Gasteiger partial charge < -0.3 is 10.6 Å². The number of hydrogen-bond donors (Lipinski definition) is 1. The molecule has 0 saturated heterocycles. The molecule has 1 saturated carbocycles. The highest BCUT2D eigenvalue weighted by Crippen LogP contribution is 2.38. The molecule has 112 valence electrons. The second-order valence-electron chi connectivity index (χ2n) is 6.99. The normalized spacial score (nSPS) is 25.9. The fraction of sp³-hybridized carbons (Fsp3) is 0.647. The summed E-state index contributed by atoms with van der Waals surface area (Å²) in [5.41, 5.74) is 8.02. The van der Waals surface area contributed by atoms with Gasteiger partial charge in [-0.25, -0.2) is 0 Å². The Kier molecular flexibility index (Phi) is 5.11. The first kappa shape index (κ1) is 15.8. The molecule has 3 heteroatoms. The van der Waals surface area contributed by atoms with E-state index in [1.807, 2.05) is 18.2 Å². The van der Waals surface area contributed by atoms with Gasteiger partial charge in [0.1, 0.15) is 0 Å². The van der Waals surface area contributed by atoms with Gasteiger partial charge in [-0.1, -0.05) is 44.0 Å². The van der Waals surface area contributed by atoms with E-state index < -0.39 is 0 Å². The molecule has 0 aliphatic heterocycles. The monoisotopic (exact) mass is 294 g/mol. The smallest absolute Gasteiger partial charge is 0.0409 e. The maximum Gasteiger partial charge on any atom is 0.0409 e. The summed E-state index contributed by atoms with van der Waals surface area (Å²) in [6, 6.07) is 8.42. The van der Waals surface area contributed by atoms with Crippen LogP contribution in [0.2, 0.25) is 5.02 Å². The Labute approximate surface area is 128 Å². The van der Waals surface area contributed by atoms with Gasteiger partial charge in [-0.05, 0) is 48.9 Å². The quantitative estimate of drug-likeness (QED) is 0.912. The topological polar surface area (TPSA) is 29.3 Å². The van der Waals surface area contributed by atoms with Crippen molar-refractivity contribution in [2.75, 3.05) is 13.6 Å². The van der Waals surface area contributed by atoms with Gasteiger partial charge in [0.15, 0.2) is 0 Å². The summed E-state index contributed by atoms with van der Waals surface area (Å²) in [5, 5.41) is 0.811. The van der Waals surface area contributed by atoms with Crippen molar-refractivity contribution < 1.29 is 0 Å². The highest BCUT2D eigenvalue weighted by atomic mass is 35.5. The van der Waals surface area contributed by atoms with E-state index in [9.17, 15) is 0 Å². The summed E-state index contributed by atoms with van der Waals surface area (Å²) >= 11 is 6.04. The van der Waals surface area contributed by atoms with Crippen LogP contribution in [0.15, 0.2) is 24.3 Å². The Morgan fingerprint density at radius 1 is 1.40 bits per heavy atom. The van der Waals surface area contributed by atoms with E-state index in [0.717, 1.165) is 18.1 Å². The third-order valence-corrected chi connectivity index (χ3v) is 4.93. The molecular formula is C17H27ClN2. The Bertz CT molecular complexity index is 444. The number of rotatable bonds is 4. The van der Waals surface area contributed by atoms with E-state index in [1.165, 1.54) is 24.8 Å². The van der Waals surface area contributed by atoms with Crippen LogP contribution in [0.1, 0.15) is 38.7 Å². The fourth-order valence-corrected chi connectivity index (χ4v) is 3.63. The molecule has 2 N–H and O–H groups in total. The predicted molar refractivity (Wildman–Crippen MR) is 86.9 cm³/mol. The van der Waals surface area contributed by atoms with Crippen molar-refractivity contribution in [1.29, 1.82) is 0 Å². The SMILES string of the molecule is CN(Cc1cccc(Cl)c1)CC1CCCC(C)(C)C1N. The molecule has 1 aromatic rings. The van der Waals surface area contributed by atoms with Crippen LogP contribution in [0, 0.1) is 11.3 Å². The van der Waals surface area contributed by atoms with E-state index in [2.05, 4.69) is 31.9 Å². The fourth-order valence-electron chi connectivity index (χ4n) is 3.42. The molecule has 1 fully saturated rings. The average molecular weight is 295 g/mol. The molecule has 0 aromatic heterocycles. The summed E-state index contributed by atoms with van der Waals surface area (Å²) in [7, 11) is 2.18. The summed E-state index contributed by atoms with van der Waals surface area (Å²) in [6.45, 7) is 6.61. The van der Waals surface area contributed by atoms with Crippen LogP contribution in [0.25, 0.3) is 0 Å². The molecule has 0 amide bonds. The van der Waals surface area contributed by atoms with Crippen LogP contribution >= 0.6 is 11.6 Å². The van der Waals surface area contributed by atoms with E-state index in [1.54, 1.807) is 0 Å². The second kappa shape index (κ2) is 6.46. The number of nitrogens with two attached hydrogens (primary N) is 1. The lowest BCUT2D eigenvalue weighted by Crippen LogP contribution is -2.49. The molecule has 2 rings (SSSR count). The van der Waals surface area contributed by atoms with Crippen LogP contribution < -0.4 is 5.73 Å². The number of halogens is 1. The third kappa shape index (κ3) is 3.97. The minimum absolute atomic E-state index is 0.278. The summed E-state index contributed by atoms with van der Waals surface area (Å²) in [6.07, 6.45) is 3.81. The largest absolute Gasteiger partial charge is 0.327 e. The minimum Gasteiger partial charge on any atom is -0.327 e. The molecule has 0 radical (unpaired) electrons. The van der Waals surface area contributed by atoms with Gasteiger partial charge in [-0.15, -0.1) is 0 Å². The molecule has 2 atom stereocenters. The van der Waals surface area contributed by atoms with E-state index in [4.69, 9.17) is 17.3 Å². The molecule has 20 heavy (non-hydrogen) atoms. The molecule has 2 unspecified atom stereocenters. The van der Waals surface area contributed by atoms with E-state index in [0.29, 0.717) is 12.0 Å². The van der Waals surface area contributed by atoms with Gasteiger partial charge in [-0.2, -0.15) is 0 Å². The van der Waals surface area contributed by atoms with E-state index >= 15 is 0 Å². The summed E-state index contributed by atoms with van der Waals surface area (Å²) < 4.78 is 0. The Balaban J connectivity index is 1.92. The first-order valence-corrected chi connectivity index (χ1v) is 7.95. The molecule has 0 heterocycles. The van der Waals surface area contributed by atoms with Gasteiger partial charge in [0.05, 0.1) is 0 Å². The first-order chi connectivity index (χ1) is 9.38. The van der Waals surface area contributed by atoms with Crippen LogP contribution in [-0.4, -0.2) is 24.5 Å². The van der Waals surface area contributed by atoms with Crippen molar-refractivity contribution in [3.05, 3.63) is 34.9 Å². The molecule has 1 aliphatic carbocycles. The number of benzene rings is 1. The van der Waals surface area contributed by atoms with Crippen molar-refractivity contribution in [2.45, 2.75) is 45.7 Å². The third-order valence-electron chi connectivity index (χ3n) is 4.69. The lowest BCUT2D eigenvalue weighted by molar-refractivity contribution is 0.109. The summed E-state index contributed by atoms with van der Waals surface area (Å²) in [5.74, 6) is 0.600.